The molecule has 0 bridgehead atoms. The Kier molecular flexibility index (Phi) is 6.04. The van der Waals surface area contributed by atoms with Gasteiger partial charge in [-0.15, -0.1) is 0 Å². The van der Waals surface area contributed by atoms with E-state index in [1.54, 1.807) is 23.7 Å². The van der Waals surface area contributed by atoms with Gasteiger partial charge in [0.2, 0.25) is 10.0 Å². The summed E-state index contributed by atoms with van der Waals surface area (Å²) in [5.74, 6) is 1.75. The molecule has 1 amide bonds. The van der Waals surface area contributed by atoms with Crippen LogP contribution < -0.4 is 5.14 Å². The van der Waals surface area contributed by atoms with Crippen molar-refractivity contribution in [3.63, 3.8) is 0 Å². The van der Waals surface area contributed by atoms with Gasteiger partial charge in [0.15, 0.2) is 0 Å². The quantitative estimate of drug-likeness (QED) is 0.863. The van der Waals surface area contributed by atoms with Crippen molar-refractivity contribution in [1.29, 1.82) is 0 Å². The summed E-state index contributed by atoms with van der Waals surface area (Å²) in [6.45, 7) is 4.06. The van der Waals surface area contributed by atoms with Crippen molar-refractivity contribution in [2.75, 3.05) is 18.6 Å². The van der Waals surface area contributed by atoms with Gasteiger partial charge in [-0.25, -0.2) is 13.6 Å². The molecule has 2 N–H and O–H groups in total. The first-order valence-corrected chi connectivity index (χ1v) is 8.95. The zero-order valence-corrected chi connectivity index (χ0v) is 13.5. The fourth-order valence-electron chi connectivity index (χ4n) is 1.59. The van der Waals surface area contributed by atoms with Crippen LogP contribution in [0.1, 0.15) is 24.2 Å². The number of sulfonamides is 1. The fraction of sp³-hybridized carbons (Fsp3) is 0.462. The maximum absolute atomic E-state index is 12.2. The average Bonchev–Trinajstić information content (AvgIpc) is 2.42. The van der Waals surface area contributed by atoms with Crippen molar-refractivity contribution in [2.24, 2.45) is 5.14 Å². The zero-order valence-electron chi connectivity index (χ0n) is 11.9. The molecule has 0 aliphatic carbocycles. The summed E-state index contributed by atoms with van der Waals surface area (Å²) in [5.41, 5.74) is 0.452. The number of nitrogens with zero attached hydrogens (tertiary/aromatic N) is 1. The van der Waals surface area contributed by atoms with Gasteiger partial charge in [0, 0.05) is 24.4 Å². The maximum Gasteiger partial charge on any atom is 0.253 e. The van der Waals surface area contributed by atoms with E-state index in [1.165, 1.54) is 24.3 Å². The van der Waals surface area contributed by atoms with Crippen LogP contribution >= 0.6 is 11.8 Å². The van der Waals surface area contributed by atoms with E-state index in [9.17, 15) is 13.2 Å². The lowest BCUT2D eigenvalue weighted by atomic mass is 10.2. The van der Waals surface area contributed by atoms with Gasteiger partial charge in [0.25, 0.3) is 5.91 Å². The highest BCUT2D eigenvalue weighted by Gasteiger charge is 2.18. The second-order valence-corrected chi connectivity index (χ2v) is 7.37. The molecular weight excluding hydrogens is 296 g/mol. The van der Waals surface area contributed by atoms with Crippen molar-refractivity contribution in [3.8, 4) is 0 Å². The number of thioether (sulfide) groups is 1. The van der Waals surface area contributed by atoms with E-state index in [0.717, 1.165) is 11.5 Å². The molecular formula is C13H20N2O3S2. The SMILES string of the molecule is CCSCC(C)N(C)C(=O)c1ccc(S(N)(=O)=O)cc1. The molecule has 0 spiro atoms. The van der Waals surface area contributed by atoms with Gasteiger partial charge in [-0.3, -0.25) is 4.79 Å². The molecule has 1 aromatic rings. The molecule has 1 atom stereocenters. The van der Waals surface area contributed by atoms with Gasteiger partial charge in [-0.2, -0.15) is 11.8 Å². The van der Waals surface area contributed by atoms with E-state index < -0.39 is 10.0 Å². The first kappa shape index (κ1) is 17.0. The summed E-state index contributed by atoms with van der Waals surface area (Å²) in [6.07, 6.45) is 0. The lowest BCUT2D eigenvalue weighted by Gasteiger charge is -2.24. The van der Waals surface area contributed by atoms with Crippen LogP contribution in [0.2, 0.25) is 0 Å². The van der Waals surface area contributed by atoms with E-state index in [2.05, 4.69) is 6.92 Å². The van der Waals surface area contributed by atoms with Gasteiger partial charge in [0.1, 0.15) is 0 Å². The Balaban J connectivity index is 2.82. The van der Waals surface area contributed by atoms with E-state index in [1.807, 2.05) is 6.92 Å². The molecule has 0 saturated heterocycles. The highest BCUT2D eigenvalue weighted by Crippen LogP contribution is 2.13. The first-order chi connectivity index (χ1) is 9.27. The van der Waals surface area contributed by atoms with Crippen molar-refractivity contribution >= 4 is 27.7 Å². The van der Waals surface area contributed by atoms with E-state index in [4.69, 9.17) is 5.14 Å². The number of benzene rings is 1. The molecule has 0 aromatic heterocycles. The van der Waals surface area contributed by atoms with E-state index in [-0.39, 0.29) is 16.8 Å². The highest BCUT2D eigenvalue weighted by molar-refractivity contribution is 7.99. The summed E-state index contributed by atoms with van der Waals surface area (Å²) < 4.78 is 22.3. The van der Waals surface area contributed by atoms with Crippen LogP contribution in [0.25, 0.3) is 0 Å². The topological polar surface area (TPSA) is 80.5 Å². The molecule has 0 heterocycles. The molecule has 112 valence electrons. The van der Waals surface area contributed by atoms with E-state index in [0.29, 0.717) is 5.56 Å². The minimum Gasteiger partial charge on any atom is -0.338 e. The van der Waals surface area contributed by atoms with Crippen LogP contribution in [-0.2, 0) is 10.0 Å². The number of carbonyl (C=O) groups excluding carboxylic acids is 1. The van der Waals surface area contributed by atoms with Crippen LogP contribution in [0, 0.1) is 0 Å². The third kappa shape index (κ3) is 4.50. The second kappa shape index (κ2) is 7.10. The highest BCUT2D eigenvalue weighted by atomic mass is 32.2. The van der Waals surface area contributed by atoms with Crippen LogP contribution in [0.15, 0.2) is 29.2 Å². The molecule has 7 heteroatoms. The molecule has 0 aliphatic rings. The maximum atomic E-state index is 12.2. The van der Waals surface area contributed by atoms with Gasteiger partial charge >= 0.3 is 0 Å². The lowest BCUT2D eigenvalue weighted by Crippen LogP contribution is -2.36. The van der Waals surface area contributed by atoms with Crippen LogP contribution in [0.3, 0.4) is 0 Å². The first-order valence-electron chi connectivity index (χ1n) is 6.25. The Morgan fingerprint density at radius 3 is 2.35 bits per heavy atom. The van der Waals surface area contributed by atoms with Crippen LogP contribution in [0.4, 0.5) is 0 Å². The van der Waals surface area contributed by atoms with Crippen LogP contribution in [-0.4, -0.2) is 43.8 Å². The molecule has 0 saturated carbocycles. The lowest BCUT2D eigenvalue weighted by molar-refractivity contribution is 0.0757. The summed E-state index contributed by atoms with van der Waals surface area (Å²) in [5, 5.41) is 5.02. The molecule has 0 fully saturated rings. The van der Waals surface area contributed by atoms with Crippen LogP contribution in [0.5, 0.6) is 0 Å². The number of rotatable bonds is 6. The molecule has 5 nitrogen and oxygen atoms in total. The summed E-state index contributed by atoms with van der Waals surface area (Å²) >= 11 is 1.77. The molecule has 0 aliphatic heterocycles. The Morgan fingerprint density at radius 1 is 1.35 bits per heavy atom. The molecule has 1 rings (SSSR count). The minimum absolute atomic E-state index is 0.00582. The monoisotopic (exact) mass is 316 g/mol. The number of carbonyl (C=O) groups is 1. The largest absolute Gasteiger partial charge is 0.338 e. The molecule has 20 heavy (non-hydrogen) atoms. The molecule has 0 radical (unpaired) electrons. The van der Waals surface area contributed by atoms with Crippen molar-refractivity contribution in [1.82, 2.24) is 4.90 Å². The van der Waals surface area contributed by atoms with Crippen molar-refractivity contribution in [3.05, 3.63) is 29.8 Å². The third-order valence-electron chi connectivity index (χ3n) is 2.97. The molecule has 1 aromatic carbocycles. The van der Waals surface area contributed by atoms with Crippen molar-refractivity contribution < 1.29 is 13.2 Å². The van der Waals surface area contributed by atoms with Gasteiger partial charge < -0.3 is 4.90 Å². The molecule has 1 unspecified atom stereocenters. The fourth-order valence-corrected chi connectivity index (χ4v) is 2.91. The normalized spacial score (nSPS) is 13.0. The number of hydrogen-bond donors (Lipinski definition) is 1. The number of nitrogens with two attached hydrogens (primary N) is 1. The van der Waals surface area contributed by atoms with E-state index >= 15 is 0 Å². The third-order valence-corrected chi connectivity index (χ3v) is 5.03. The minimum atomic E-state index is -3.72. The second-order valence-electron chi connectivity index (χ2n) is 4.49. The summed E-state index contributed by atoms with van der Waals surface area (Å²) in [6, 6.07) is 5.78. The average molecular weight is 316 g/mol. The standard InChI is InChI=1S/C13H20N2O3S2/c1-4-19-9-10(2)15(3)13(16)11-5-7-12(8-6-11)20(14,17)18/h5-8,10H,4,9H2,1-3H3,(H2,14,17,18). The number of primary sulfonamides is 1. The van der Waals surface area contributed by atoms with Crippen molar-refractivity contribution in [2.45, 2.75) is 24.8 Å². The Bertz CT molecular complexity index is 555. The number of hydrogen-bond acceptors (Lipinski definition) is 4. The van der Waals surface area contributed by atoms with Gasteiger partial charge in [-0.1, -0.05) is 6.92 Å². The zero-order chi connectivity index (χ0) is 15.3. The predicted octanol–water partition coefficient (Wildman–Crippen LogP) is 1.55. The number of amides is 1. The Morgan fingerprint density at radius 2 is 1.90 bits per heavy atom. The summed E-state index contributed by atoms with van der Waals surface area (Å²) in [7, 11) is -1.98. The smallest absolute Gasteiger partial charge is 0.253 e. The Labute approximate surface area is 124 Å². The Hall–Kier alpha value is -1.05. The van der Waals surface area contributed by atoms with Gasteiger partial charge in [0.05, 0.1) is 4.90 Å². The summed E-state index contributed by atoms with van der Waals surface area (Å²) in [4.78, 5) is 13.9. The predicted molar refractivity (Wildman–Crippen MR) is 82.4 cm³/mol. The van der Waals surface area contributed by atoms with Gasteiger partial charge in [-0.05, 0) is 36.9 Å².